The molecule has 0 aliphatic heterocycles. The van der Waals surface area contributed by atoms with Crippen molar-refractivity contribution in [2.75, 3.05) is 18.1 Å². The van der Waals surface area contributed by atoms with Crippen LogP contribution in [0, 0.1) is 11.3 Å². The van der Waals surface area contributed by atoms with E-state index in [1.165, 1.54) is 18.2 Å². The first-order valence-corrected chi connectivity index (χ1v) is 13.2. The number of nitriles is 1. The molecule has 0 saturated carbocycles. The first-order chi connectivity index (χ1) is 15.0. The highest BCUT2D eigenvalue weighted by Crippen LogP contribution is 2.15. The molecular weight excluding hydrogens is 474 g/mol. The largest absolute Gasteiger partial charge is 0.352 e. The smallest absolute Gasteiger partial charge is 0.248 e. The van der Waals surface area contributed by atoms with E-state index in [9.17, 15) is 21.6 Å². The van der Waals surface area contributed by atoms with Gasteiger partial charge < -0.3 is 5.32 Å². The second-order valence-corrected chi connectivity index (χ2v) is 11.1. The minimum atomic E-state index is -3.78. The molecule has 2 rings (SSSR count). The number of nitrogens with zero attached hydrogens (tertiary/aromatic N) is 1. The van der Waals surface area contributed by atoms with E-state index >= 15 is 0 Å². The van der Waals surface area contributed by atoms with Crippen LogP contribution in [0.3, 0.4) is 0 Å². The highest BCUT2D eigenvalue weighted by atomic mass is 35.5. The molecule has 2 aromatic carbocycles. The summed E-state index contributed by atoms with van der Waals surface area (Å²) in [6, 6.07) is 14.3. The summed E-state index contributed by atoms with van der Waals surface area (Å²) in [5.41, 5.74) is 1.41. The van der Waals surface area contributed by atoms with Gasteiger partial charge in [-0.05, 0) is 47.9 Å². The summed E-state index contributed by atoms with van der Waals surface area (Å²) in [5.74, 6) is -1.40. The number of halogens is 1. The van der Waals surface area contributed by atoms with Crippen molar-refractivity contribution in [1.82, 2.24) is 5.32 Å². The van der Waals surface area contributed by atoms with Crippen LogP contribution < -0.4 is 10.5 Å². The molecule has 0 heterocycles. The topological polar surface area (TPSA) is 147 Å². The molecule has 8 nitrogen and oxygen atoms in total. The third-order valence-corrected chi connectivity index (χ3v) is 7.11. The molecule has 170 valence electrons. The number of nitrogens with one attached hydrogen (secondary N) is 1. The van der Waals surface area contributed by atoms with Crippen LogP contribution in [0.15, 0.2) is 59.0 Å². The Morgan fingerprint density at radius 1 is 1.06 bits per heavy atom. The predicted molar refractivity (Wildman–Crippen MR) is 123 cm³/mol. The number of sulfone groups is 1. The van der Waals surface area contributed by atoms with E-state index in [1.807, 2.05) is 0 Å². The lowest BCUT2D eigenvalue weighted by Gasteiger charge is -2.10. The fourth-order valence-corrected chi connectivity index (χ4v) is 4.60. The van der Waals surface area contributed by atoms with Crippen LogP contribution in [-0.4, -0.2) is 40.8 Å². The van der Waals surface area contributed by atoms with Gasteiger partial charge in [-0.15, -0.1) is 0 Å². The zero-order chi connectivity index (χ0) is 23.8. The molecule has 0 fully saturated rings. The quantitative estimate of drug-likeness (QED) is 0.482. The standard InChI is InChI=1S/C21H22ClN3O5S2/c22-19-6-2-17(3-7-19)14-18(15-31(27,28)13-1-11-23)21(26)25-12-10-16-4-8-20(9-5-16)32(24,29)30/h2-9,14H,1,10,12-13,15H2,(H,25,26)(H2,24,29,30)/b18-14+. The first kappa shape index (κ1) is 25.5. The van der Waals surface area contributed by atoms with Gasteiger partial charge in [-0.25, -0.2) is 22.0 Å². The molecule has 11 heteroatoms. The van der Waals surface area contributed by atoms with E-state index in [0.29, 0.717) is 17.0 Å². The van der Waals surface area contributed by atoms with Gasteiger partial charge in [-0.2, -0.15) is 5.26 Å². The number of amides is 1. The normalized spacial score (nSPS) is 12.2. The molecule has 0 aromatic heterocycles. The van der Waals surface area contributed by atoms with E-state index in [0.717, 1.165) is 5.56 Å². The number of primary sulfonamides is 1. The second-order valence-electron chi connectivity index (χ2n) is 6.92. The lowest BCUT2D eigenvalue weighted by atomic mass is 10.1. The minimum absolute atomic E-state index is 0.0129. The molecule has 0 radical (unpaired) electrons. The fourth-order valence-electron chi connectivity index (χ4n) is 2.72. The van der Waals surface area contributed by atoms with Crippen molar-refractivity contribution < 1.29 is 21.6 Å². The van der Waals surface area contributed by atoms with Gasteiger partial charge in [0.25, 0.3) is 0 Å². The minimum Gasteiger partial charge on any atom is -0.352 e. The number of sulfonamides is 1. The van der Waals surface area contributed by atoms with Gasteiger partial charge >= 0.3 is 0 Å². The maximum Gasteiger partial charge on any atom is 0.248 e. The molecule has 0 saturated heterocycles. The Bertz CT molecular complexity index is 1230. The van der Waals surface area contributed by atoms with Crippen LogP contribution in [0.25, 0.3) is 6.08 Å². The van der Waals surface area contributed by atoms with E-state index < -0.39 is 31.5 Å². The number of hydrogen-bond donors (Lipinski definition) is 2. The lowest BCUT2D eigenvalue weighted by molar-refractivity contribution is -0.117. The number of nitrogens with two attached hydrogens (primary N) is 1. The molecular formula is C21H22ClN3O5S2. The van der Waals surface area contributed by atoms with Crippen LogP contribution in [0.5, 0.6) is 0 Å². The number of carbonyl (C=O) groups is 1. The van der Waals surface area contributed by atoms with Crippen molar-refractivity contribution >= 4 is 43.4 Å². The molecule has 1 amide bonds. The monoisotopic (exact) mass is 495 g/mol. The Morgan fingerprint density at radius 3 is 2.25 bits per heavy atom. The van der Waals surface area contributed by atoms with Crippen molar-refractivity contribution in [3.8, 4) is 6.07 Å². The summed E-state index contributed by atoms with van der Waals surface area (Å²) in [5, 5.41) is 16.9. The third kappa shape index (κ3) is 8.43. The van der Waals surface area contributed by atoms with E-state index in [-0.39, 0.29) is 29.2 Å². The number of hydrogen-bond acceptors (Lipinski definition) is 6. The van der Waals surface area contributed by atoms with Crippen LogP contribution >= 0.6 is 11.6 Å². The van der Waals surface area contributed by atoms with Crippen molar-refractivity contribution in [2.45, 2.75) is 17.7 Å². The Morgan fingerprint density at radius 2 is 1.69 bits per heavy atom. The molecule has 0 spiro atoms. The highest BCUT2D eigenvalue weighted by Gasteiger charge is 2.19. The zero-order valence-corrected chi connectivity index (χ0v) is 19.4. The molecule has 0 aliphatic carbocycles. The Kier molecular flexibility index (Phi) is 8.98. The average molecular weight is 496 g/mol. The molecule has 32 heavy (non-hydrogen) atoms. The van der Waals surface area contributed by atoms with Gasteiger partial charge in [0.1, 0.15) is 0 Å². The molecule has 2 aromatic rings. The van der Waals surface area contributed by atoms with Gasteiger partial charge in [0.05, 0.1) is 22.5 Å². The molecule has 0 unspecified atom stereocenters. The first-order valence-electron chi connectivity index (χ1n) is 9.43. The van der Waals surface area contributed by atoms with Crippen LogP contribution in [0.1, 0.15) is 17.5 Å². The van der Waals surface area contributed by atoms with Crippen molar-refractivity contribution in [2.24, 2.45) is 5.14 Å². The Labute approximate surface area is 192 Å². The average Bonchev–Trinajstić information content (AvgIpc) is 2.73. The van der Waals surface area contributed by atoms with Crippen LogP contribution in [0.4, 0.5) is 0 Å². The Balaban J connectivity index is 2.11. The maximum atomic E-state index is 12.7. The molecule has 0 atom stereocenters. The summed E-state index contributed by atoms with van der Waals surface area (Å²) in [6.45, 7) is 0.198. The summed E-state index contributed by atoms with van der Waals surface area (Å²) < 4.78 is 47.2. The third-order valence-electron chi connectivity index (χ3n) is 4.35. The van der Waals surface area contributed by atoms with Crippen molar-refractivity contribution in [3.05, 3.63) is 70.3 Å². The maximum absolute atomic E-state index is 12.7. The zero-order valence-electron chi connectivity index (χ0n) is 17.0. The second kappa shape index (κ2) is 11.2. The predicted octanol–water partition coefficient (Wildman–Crippen LogP) is 2.06. The number of carbonyl (C=O) groups excluding carboxylic acids is 1. The summed E-state index contributed by atoms with van der Waals surface area (Å²) >= 11 is 5.87. The lowest BCUT2D eigenvalue weighted by Crippen LogP contribution is -2.30. The SMILES string of the molecule is N#CCCS(=O)(=O)C/C(=C\c1ccc(Cl)cc1)C(=O)NCCc1ccc(S(N)(=O)=O)cc1. The summed E-state index contributed by atoms with van der Waals surface area (Å²) in [6.07, 6.45) is 1.70. The summed E-state index contributed by atoms with van der Waals surface area (Å²) in [7, 11) is -7.44. The fraction of sp³-hybridized carbons (Fsp3) is 0.238. The van der Waals surface area contributed by atoms with Gasteiger partial charge in [0.2, 0.25) is 15.9 Å². The summed E-state index contributed by atoms with van der Waals surface area (Å²) in [4.78, 5) is 12.7. The molecule has 0 aliphatic rings. The van der Waals surface area contributed by atoms with Crippen molar-refractivity contribution in [3.63, 3.8) is 0 Å². The van der Waals surface area contributed by atoms with Gasteiger partial charge in [-0.3, -0.25) is 4.79 Å². The highest BCUT2D eigenvalue weighted by molar-refractivity contribution is 7.91. The van der Waals surface area contributed by atoms with Gasteiger partial charge in [0.15, 0.2) is 9.84 Å². The van der Waals surface area contributed by atoms with Crippen LogP contribution in [0.2, 0.25) is 5.02 Å². The number of benzene rings is 2. The van der Waals surface area contributed by atoms with Crippen molar-refractivity contribution in [1.29, 1.82) is 5.26 Å². The number of rotatable bonds is 10. The molecule has 3 N–H and O–H groups in total. The van der Waals surface area contributed by atoms with E-state index in [4.69, 9.17) is 22.0 Å². The van der Waals surface area contributed by atoms with E-state index in [2.05, 4.69) is 5.32 Å². The van der Waals surface area contributed by atoms with Crippen LogP contribution in [-0.2, 0) is 31.1 Å². The van der Waals surface area contributed by atoms with Gasteiger partial charge in [-0.1, -0.05) is 35.9 Å². The Hall–Kier alpha value is -2.71. The van der Waals surface area contributed by atoms with E-state index in [1.54, 1.807) is 42.5 Å². The molecule has 0 bridgehead atoms. The van der Waals surface area contributed by atoms with Gasteiger partial charge in [0, 0.05) is 23.6 Å².